The van der Waals surface area contributed by atoms with Crippen LogP contribution in [0.1, 0.15) is 0 Å². The third-order valence-corrected chi connectivity index (χ3v) is 13.0. The fraction of sp³-hybridized carbons (Fsp3) is 0. The van der Waals surface area contributed by atoms with Crippen molar-refractivity contribution in [2.24, 2.45) is 0 Å². The van der Waals surface area contributed by atoms with E-state index in [-0.39, 0.29) is 0 Å². The van der Waals surface area contributed by atoms with Crippen LogP contribution in [0.15, 0.2) is 231 Å². The maximum Gasteiger partial charge on any atom is 0.182 e. The minimum Gasteiger partial charge on any atom is -0.453 e. The Morgan fingerprint density at radius 2 is 0.526 bits per heavy atom. The molecular weight excluding hydrogens is 945 g/mol. The number of para-hydroxylation sites is 8. The second-order valence-electron chi connectivity index (χ2n) is 17.7. The lowest BCUT2D eigenvalue weighted by Crippen LogP contribution is -2.18. The zero-order valence-electron chi connectivity index (χ0n) is 40.1. The predicted octanol–water partition coefficient (Wildman–Crippen LogP) is 14.5. The van der Waals surface area contributed by atoms with E-state index >= 15 is 0 Å². The van der Waals surface area contributed by atoms with Crippen LogP contribution in [0.3, 0.4) is 0 Å². The molecule has 0 unspecified atom stereocenters. The number of hydrogen-bond donors (Lipinski definition) is 0. The van der Waals surface area contributed by atoms with Crippen molar-refractivity contribution >= 4 is 34.1 Å². The lowest BCUT2D eigenvalue weighted by Gasteiger charge is -2.36. The van der Waals surface area contributed by atoms with Crippen LogP contribution in [0.25, 0.3) is 80.0 Å². The lowest BCUT2D eigenvalue weighted by atomic mass is 9.94. The first-order valence-electron chi connectivity index (χ1n) is 24.5. The molecule has 0 bridgehead atoms. The van der Waals surface area contributed by atoms with Gasteiger partial charge in [-0.05, 0) is 109 Å². The van der Waals surface area contributed by atoms with Crippen molar-refractivity contribution in [2.75, 3.05) is 9.80 Å². The summed E-state index contributed by atoms with van der Waals surface area (Å²) in [5, 5.41) is 0. The molecule has 0 spiro atoms. The van der Waals surface area contributed by atoms with Crippen molar-refractivity contribution in [2.45, 2.75) is 0 Å². The number of fused-ring (bicyclic) bond motifs is 4. The van der Waals surface area contributed by atoms with E-state index in [1.54, 1.807) is 24.8 Å². The number of benzene rings is 6. The first-order chi connectivity index (χ1) is 37.7. The summed E-state index contributed by atoms with van der Waals surface area (Å²) in [5.74, 6) is 5.32. The maximum atomic E-state index is 6.63. The van der Waals surface area contributed by atoms with Gasteiger partial charge in [0.1, 0.15) is 22.8 Å². The van der Waals surface area contributed by atoms with E-state index in [4.69, 9.17) is 39.4 Å². The molecule has 0 N–H and O–H groups in total. The topological polar surface area (TPSA) is 154 Å². The van der Waals surface area contributed by atoms with Crippen LogP contribution < -0.4 is 19.3 Å². The Morgan fingerprint density at radius 3 is 0.816 bits per heavy atom. The van der Waals surface area contributed by atoms with Crippen molar-refractivity contribution in [1.29, 1.82) is 0 Å². The molecule has 0 fully saturated rings. The number of pyridine rings is 4. The first-order valence-corrected chi connectivity index (χ1v) is 24.5. The van der Waals surface area contributed by atoms with Gasteiger partial charge in [-0.25, -0.2) is 29.9 Å². The van der Waals surface area contributed by atoms with Crippen molar-refractivity contribution in [3.63, 3.8) is 0 Å². The Balaban J connectivity index is 1.05. The molecule has 0 aliphatic carbocycles. The fourth-order valence-electron chi connectivity index (χ4n) is 9.54. The number of ether oxygens (including phenoxy) is 2. The van der Waals surface area contributed by atoms with E-state index in [0.29, 0.717) is 80.7 Å². The maximum absolute atomic E-state index is 6.63. The Kier molecular flexibility index (Phi) is 10.8. The third kappa shape index (κ3) is 7.95. The minimum absolute atomic E-state index is 0.414. The minimum atomic E-state index is 0.414. The van der Waals surface area contributed by atoms with Gasteiger partial charge in [-0.1, -0.05) is 97.1 Å². The fourth-order valence-corrected chi connectivity index (χ4v) is 9.54. The van der Waals surface area contributed by atoms with Gasteiger partial charge in [0.25, 0.3) is 0 Å². The van der Waals surface area contributed by atoms with Gasteiger partial charge in [0.15, 0.2) is 57.9 Å². The Bertz CT molecular complexity index is 3680. The number of anilines is 6. The van der Waals surface area contributed by atoms with Crippen molar-refractivity contribution in [3.8, 4) is 103 Å². The molecule has 6 aromatic heterocycles. The lowest BCUT2D eigenvalue weighted by molar-refractivity contribution is 0.476. The molecule has 0 saturated carbocycles. The Labute approximate surface area is 435 Å². The van der Waals surface area contributed by atoms with Gasteiger partial charge in [0, 0.05) is 47.0 Å². The highest BCUT2D eigenvalue weighted by atomic mass is 16.5. The zero-order valence-corrected chi connectivity index (χ0v) is 40.1. The molecule has 0 saturated heterocycles. The molecule has 14 rings (SSSR count). The summed E-state index contributed by atoms with van der Waals surface area (Å²) in [6.07, 6.45) is 6.92. The smallest absolute Gasteiger partial charge is 0.182 e. The quantitative estimate of drug-likeness (QED) is 0.135. The summed E-state index contributed by atoms with van der Waals surface area (Å²) in [6.45, 7) is 0. The van der Waals surface area contributed by atoms with E-state index < -0.39 is 0 Å². The largest absolute Gasteiger partial charge is 0.453 e. The molecule has 0 radical (unpaired) electrons. The monoisotopic (exact) mass is 982 g/mol. The van der Waals surface area contributed by atoms with Crippen LogP contribution in [-0.4, -0.2) is 49.8 Å². The van der Waals surface area contributed by atoms with Crippen LogP contribution in [0.4, 0.5) is 34.1 Å². The molecule has 2 aliphatic rings. The summed E-state index contributed by atoms with van der Waals surface area (Å²) in [4.78, 5) is 53.3. The summed E-state index contributed by atoms with van der Waals surface area (Å²) in [7, 11) is 0. The standard InChI is InChI=1S/C62H38N12O2/c1-5-25-53-47(21-1)73(48-22-2-6-26-54(48)75-53)51-37-39(57-67-59(43-17-9-13-33-63-43)71-60(68-57)44-18-10-14-34-64-44)29-31-41(51)42-32-30-40(38-52(42)74-49-23-3-7-27-55(49)76-56-28-8-4-24-50(56)74)58-69-61(45-19-11-15-35-65-45)72-62(70-58)46-20-12-16-36-66-46/h1-38H. The Hall–Kier alpha value is -10.9. The van der Waals surface area contributed by atoms with Crippen LogP contribution in [0.5, 0.6) is 23.0 Å². The number of hydrogen-bond acceptors (Lipinski definition) is 14. The zero-order chi connectivity index (χ0) is 50.4. The second kappa shape index (κ2) is 18.6. The normalized spacial score (nSPS) is 12.1. The molecule has 358 valence electrons. The average Bonchev–Trinajstić information content (AvgIpc) is 3.58. The van der Waals surface area contributed by atoms with Crippen LogP contribution in [-0.2, 0) is 0 Å². The second-order valence-corrected chi connectivity index (χ2v) is 17.7. The van der Waals surface area contributed by atoms with Gasteiger partial charge >= 0.3 is 0 Å². The molecule has 14 nitrogen and oxygen atoms in total. The van der Waals surface area contributed by atoms with Crippen LogP contribution >= 0.6 is 0 Å². The van der Waals surface area contributed by atoms with Gasteiger partial charge < -0.3 is 19.3 Å². The van der Waals surface area contributed by atoms with Crippen molar-refractivity contribution < 1.29 is 9.47 Å². The van der Waals surface area contributed by atoms with Gasteiger partial charge in [-0.3, -0.25) is 19.9 Å². The molecule has 12 aromatic rings. The van der Waals surface area contributed by atoms with Gasteiger partial charge in [0.05, 0.1) is 34.1 Å². The first kappa shape index (κ1) is 43.9. The molecule has 8 heterocycles. The molecule has 14 heteroatoms. The number of rotatable bonds is 9. The van der Waals surface area contributed by atoms with Crippen LogP contribution in [0.2, 0.25) is 0 Å². The van der Waals surface area contributed by atoms with Crippen molar-refractivity contribution in [1.82, 2.24) is 49.8 Å². The molecule has 76 heavy (non-hydrogen) atoms. The highest BCUT2D eigenvalue weighted by molar-refractivity contribution is 6.01. The predicted molar refractivity (Wildman–Crippen MR) is 292 cm³/mol. The summed E-state index contributed by atoms with van der Waals surface area (Å²) in [6, 6.07) is 67.6. The van der Waals surface area contributed by atoms with Crippen molar-refractivity contribution in [3.05, 3.63) is 231 Å². The van der Waals surface area contributed by atoms with E-state index in [1.165, 1.54) is 0 Å². The van der Waals surface area contributed by atoms with E-state index in [1.807, 2.05) is 146 Å². The van der Waals surface area contributed by atoms with Gasteiger partial charge in [-0.15, -0.1) is 0 Å². The molecule has 0 amide bonds. The Morgan fingerprint density at radius 1 is 0.250 bits per heavy atom. The third-order valence-electron chi connectivity index (χ3n) is 13.0. The molecule has 6 aromatic carbocycles. The SMILES string of the molecule is c1ccc(-c2nc(-c3ccc(-c4ccc(-c5nc(-c6ccccn6)nc(-c6ccccn6)n5)cc4N4c5ccccc5Oc5ccccc54)c(N4c5ccccc5Oc5ccccc54)c3)nc(-c3ccccn3)n2)nc1. The van der Waals surface area contributed by atoms with Gasteiger partial charge in [0.2, 0.25) is 0 Å². The number of aromatic nitrogens is 10. The van der Waals surface area contributed by atoms with E-state index in [2.05, 4.69) is 90.4 Å². The van der Waals surface area contributed by atoms with Crippen LogP contribution in [0, 0.1) is 0 Å². The summed E-state index contributed by atoms with van der Waals surface area (Å²) in [5.41, 5.74) is 10.6. The average molecular weight is 983 g/mol. The summed E-state index contributed by atoms with van der Waals surface area (Å²) < 4.78 is 13.3. The molecular formula is C62H38N12O2. The molecule has 2 aliphatic heterocycles. The van der Waals surface area contributed by atoms with Gasteiger partial charge in [-0.2, -0.15) is 0 Å². The molecule has 0 atom stereocenters. The highest BCUT2D eigenvalue weighted by Crippen LogP contribution is 2.57. The highest BCUT2D eigenvalue weighted by Gasteiger charge is 2.32. The summed E-state index contributed by atoms with van der Waals surface area (Å²) >= 11 is 0. The number of nitrogens with zero attached hydrogens (tertiary/aromatic N) is 12. The van der Waals surface area contributed by atoms with E-state index in [9.17, 15) is 0 Å². The van der Waals surface area contributed by atoms with E-state index in [0.717, 1.165) is 56.4 Å².